The molecule has 138 valence electrons. The molecule has 0 radical (unpaired) electrons. The van der Waals surface area contributed by atoms with E-state index in [2.05, 4.69) is 22.2 Å². The van der Waals surface area contributed by atoms with Crippen LogP contribution in [0.5, 0.6) is 0 Å². The molecule has 6 nitrogen and oxygen atoms in total. The molecule has 2 aromatic rings. The van der Waals surface area contributed by atoms with Crippen LogP contribution < -0.4 is 22.5 Å². The van der Waals surface area contributed by atoms with Crippen molar-refractivity contribution < 1.29 is 0 Å². The molecule has 0 saturated heterocycles. The monoisotopic (exact) mass is 380 g/mol. The maximum atomic E-state index is 5.80. The average Bonchev–Trinajstić information content (AvgIpc) is 3.13. The zero-order valence-electron chi connectivity index (χ0n) is 14.8. The predicted octanol–water partition coefficient (Wildman–Crippen LogP) is 2.12. The van der Waals surface area contributed by atoms with Crippen LogP contribution in [0.2, 0.25) is 0 Å². The summed E-state index contributed by atoms with van der Waals surface area (Å²) in [6.45, 7) is 3.32. The molecule has 2 atom stereocenters. The Morgan fingerprint density at radius 3 is 2.24 bits per heavy atom. The van der Waals surface area contributed by atoms with E-state index >= 15 is 0 Å². The van der Waals surface area contributed by atoms with E-state index in [1.165, 1.54) is 34.0 Å². The molecule has 0 fully saturated rings. The van der Waals surface area contributed by atoms with Gasteiger partial charge in [-0.3, -0.25) is 0 Å². The number of nitrogens with one attached hydrogen (secondary N) is 1. The summed E-state index contributed by atoms with van der Waals surface area (Å²) in [6, 6.07) is 0.963. The molecule has 0 bridgehead atoms. The molecule has 0 unspecified atom stereocenters. The number of fused-ring (bicyclic) bond motifs is 2. The van der Waals surface area contributed by atoms with Crippen molar-refractivity contribution in [2.75, 3.05) is 18.0 Å². The van der Waals surface area contributed by atoms with Gasteiger partial charge in [0.15, 0.2) is 10.3 Å². The largest absolute Gasteiger partial charge is 0.375 e. The summed E-state index contributed by atoms with van der Waals surface area (Å²) in [5.41, 5.74) is 19.5. The Morgan fingerprint density at radius 1 is 1.00 bits per heavy atom. The van der Waals surface area contributed by atoms with Gasteiger partial charge in [0.25, 0.3) is 0 Å². The normalized spacial score (nSPS) is 21.8. The topological polar surface area (TPSA) is 116 Å². The molecular weight excluding hydrogens is 352 g/mol. The van der Waals surface area contributed by atoms with Gasteiger partial charge in [-0.05, 0) is 51.5 Å². The molecule has 2 aromatic heterocycles. The van der Waals surface area contributed by atoms with E-state index in [4.69, 9.17) is 17.2 Å². The molecule has 2 heterocycles. The van der Waals surface area contributed by atoms with E-state index in [9.17, 15) is 0 Å². The Bertz CT molecular complexity index is 695. The third kappa shape index (κ3) is 4.91. The minimum absolute atomic E-state index is 0.322. The second kappa shape index (κ2) is 8.44. The minimum Gasteiger partial charge on any atom is -0.375 e. The molecule has 8 heteroatoms. The SMILES string of the molecule is CCCN[C@H]1CCc2nc(N)sc2C1.Nc1nc2c(s1)C[C@@H](N)CC2. The van der Waals surface area contributed by atoms with Crippen LogP contribution in [0, 0.1) is 0 Å². The van der Waals surface area contributed by atoms with Crippen LogP contribution in [0.3, 0.4) is 0 Å². The van der Waals surface area contributed by atoms with Gasteiger partial charge in [-0.1, -0.05) is 6.92 Å². The van der Waals surface area contributed by atoms with Gasteiger partial charge in [-0.25, -0.2) is 9.97 Å². The summed E-state index contributed by atoms with van der Waals surface area (Å²) in [5.74, 6) is 0. The summed E-state index contributed by atoms with van der Waals surface area (Å²) >= 11 is 3.23. The maximum absolute atomic E-state index is 5.80. The number of nitrogens with two attached hydrogens (primary N) is 3. The van der Waals surface area contributed by atoms with E-state index in [0.717, 1.165) is 43.8 Å². The van der Waals surface area contributed by atoms with E-state index in [1.807, 2.05) is 0 Å². The quantitative estimate of drug-likeness (QED) is 0.648. The lowest BCUT2D eigenvalue weighted by molar-refractivity contribution is 0.460. The van der Waals surface area contributed by atoms with Gasteiger partial charge in [0.05, 0.1) is 11.4 Å². The lowest BCUT2D eigenvalue weighted by Gasteiger charge is -2.21. The minimum atomic E-state index is 0.322. The zero-order valence-corrected chi connectivity index (χ0v) is 16.4. The highest BCUT2D eigenvalue weighted by Gasteiger charge is 2.21. The van der Waals surface area contributed by atoms with Crippen LogP contribution in [-0.2, 0) is 25.7 Å². The van der Waals surface area contributed by atoms with E-state index in [1.54, 1.807) is 22.7 Å². The van der Waals surface area contributed by atoms with Gasteiger partial charge in [0.1, 0.15) is 0 Å². The fraction of sp³-hybridized carbons (Fsp3) is 0.647. The third-order valence-corrected chi connectivity index (χ3v) is 6.53. The highest BCUT2D eigenvalue weighted by Crippen LogP contribution is 2.28. The number of hydrogen-bond acceptors (Lipinski definition) is 8. The number of aromatic nitrogens is 2. The van der Waals surface area contributed by atoms with Crippen LogP contribution in [0.15, 0.2) is 0 Å². The summed E-state index contributed by atoms with van der Waals surface area (Å²) in [6.07, 6.45) is 7.63. The molecule has 2 aliphatic carbocycles. The summed E-state index contributed by atoms with van der Waals surface area (Å²) in [5, 5.41) is 4.97. The zero-order chi connectivity index (χ0) is 17.8. The van der Waals surface area contributed by atoms with Gasteiger partial charge >= 0.3 is 0 Å². The average molecular weight is 381 g/mol. The number of aryl methyl sites for hydroxylation is 2. The number of nitrogen functional groups attached to an aromatic ring is 2. The standard InChI is InChI=1S/C10H17N3S.C7H11N3S/c1-2-5-12-7-3-4-8-9(6-7)14-10(11)13-8;8-4-1-2-5-6(3-4)11-7(9)10-5/h7,12H,2-6H2,1H3,(H2,11,13);4H,1-3,8H2,(H2,9,10)/t7-;4-/m00/s1. The van der Waals surface area contributed by atoms with Crippen molar-refractivity contribution in [3.05, 3.63) is 21.1 Å². The molecule has 0 spiro atoms. The molecule has 0 amide bonds. The van der Waals surface area contributed by atoms with Gasteiger partial charge in [-0.15, -0.1) is 22.7 Å². The Hall–Kier alpha value is -1.22. The van der Waals surface area contributed by atoms with Crippen molar-refractivity contribution in [3.8, 4) is 0 Å². The molecule has 0 aliphatic heterocycles. The molecule has 2 aliphatic rings. The third-order valence-electron chi connectivity index (χ3n) is 4.63. The second-order valence-electron chi connectivity index (χ2n) is 6.74. The predicted molar refractivity (Wildman–Crippen MR) is 107 cm³/mol. The van der Waals surface area contributed by atoms with Gasteiger partial charge < -0.3 is 22.5 Å². The summed E-state index contributed by atoms with van der Waals surface area (Å²) in [7, 11) is 0. The van der Waals surface area contributed by atoms with Gasteiger partial charge in [0, 0.05) is 21.8 Å². The van der Waals surface area contributed by atoms with Gasteiger partial charge in [0.2, 0.25) is 0 Å². The Kier molecular flexibility index (Phi) is 6.27. The molecule has 25 heavy (non-hydrogen) atoms. The van der Waals surface area contributed by atoms with Crippen LogP contribution in [0.4, 0.5) is 10.3 Å². The first kappa shape index (κ1) is 18.6. The molecule has 4 rings (SSSR count). The molecule has 7 N–H and O–H groups in total. The smallest absolute Gasteiger partial charge is 0.180 e. The molecular formula is C17H28N6S2. The number of rotatable bonds is 3. The Balaban J connectivity index is 0.000000150. The maximum Gasteiger partial charge on any atom is 0.180 e. The first-order valence-electron chi connectivity index (χ1n) is 9.02. The highest BCUT2D eigenvalue weighted by molar-refractivity contribution is 7.15. The Morgan fingerprint density at radius 2 is 1.60 bits per heavy atom. The van der Waals surface area contributed by atoms with E-state index < -0.39 is 0 Å². The van der Waals surface area contributed by atoms with Crippen molar-refractivity contribution in [1.82, 2.24) is 15.3 Å². The van der Waals surface area contributed by atoms with Crippen LogP contribution >= 0.6 is 22.7 Å². The number of thiazole rings is 2. The molecule has 0 aromatic carbocycles. The van der Waals surface area contributed by atoms with E-state index in [-0.39, 0.29) is 0 Å². The van der Waals surface area contributed by atoms with Crippen molar-refractivity contribution >= 4 is 32.9 Å². The van der Waals surface area contributed by atoms with Crippen LogP contribution in [0.25, 0.3) is 0 Å². The molecule has 0 saturated carbocycles. The lowest BCUT2D eigenvalue weighted by Crippen LogP contribution is -2.34. The number of nitrogens with zero attached hydrogens (tertiary/aromatic N) is 2. The fourth-order valence-corrected chi connectivity index (χ4v) is 5.27. The van der Waals surface area contributed by atoms with Crippen molar-refractivity contribution in [2.24, 2.45) is 5.73 Å². The highest BCUT2D eigenvalue weighted by atomic mass is 32.1. The summed E-state index contributed by atoms with van der Waals surface area (Å²) in [4.78, 5) is 11.2. The van der Waals surface area contributed by atoms with Gasteiger partial charge in [-0.2, -0.15) is 0 Å². The number of hydrogen-bond donors (Lipinski definition) is 4. The fourth-order valence-electron chi connectivity index (χ4n) is 3.34. The summed E-state index contributed by atoms with van der Waals surface area (Å²) < 4.78 is 0. The first-order valence-corrected chi connectivity index (χ1v) is 10.7. The lowest BCUT2D eigenvalue weighted by atomic mass is 9.98. The van der Waals surface area contributed by atoms with Crippen LogP contribution in [0.1, 0.15) is 47.3 Å². The van der Waals surface area contributed by atoms with Crippen molar-refractivity contribution in [3.63, 3.8) is 0 Å². The van der Waals surface area contributed by atoms with Crippen molar-refractivity contribution in [1.29, 1.82) is 0 Å². The Labute approximate surface area is 157 Å². The first-order chi connectivity index (χ1) is 12.0. The second-order valence-corrected chi connectivity index (χ2v) is 8.97. The van der Waals surface area contributed by atoms with Crippen molar-refractivity contribution in [2.45, 2.75) is 64.0 Å². The van der Waals surface area contributed by atoms with E-state index in [0.29, 0.717) is 17.2 Å². The van der Waals surface area contributed by atoms with Crippen LogP contribution in [-0.4, -0.2) is 28.6 Å². The number of anilines is 2.